The molecule has 0 bridgehead atoms. The summed E-state index contributed by atoms with van der Waals surface area (Å²) in [7, 11) is 0. The van der Waals surface area contributed by atoms with Crippen LogP contribution in [0, 0.1) is 0 Å². The second-order valence-corrected chi connectivity index (χ2v) is 14.9. The quantitative estimate of drug-likeness (QED) is 0.162. The van der Waals surface area contributed by atoms with Gasteiger partial charge in [-0.25, -0.2) is 0 Å². The van der Waals surface area contributed by atoms with Crippen molar-refractivity contribution < 1.29 is 4.42 Å². The molecule has 2 heteroatoms. The summed E-state index contributed by atoms with van der Waals surface area (Å²) >= 11 is 0. The monoisotopic (exact) mass is 739 g/mol. The standard InChI is InChI=1S/C56H37NO/c1-3-14-43-36-45(30-26-38(43)12-1)40-24-28-41(29-25-40)48-16-5-8-21-53(48)57(54-22-9-6-17-49(54)46-31-27-39-13-2-4-15-44(39)37-46)47-34-32-42(33-35-47)50-19-11-20-52-51-18-7-10-23-55(51)58-56(50)52/h1-37H. The highest BCUT2D eigenvalue weighted by molar-refractivity contribution is 6.09. The minimum absolute atomic E-state index is 0.903. The SMILES string of the molecule is c1ccc(N(c2ccc(-c3cccc4c3oc3ccccc34)cc2)c2ccccc2-c2ccc3ccccc3c2)c(-c2ccc(-c3ccc4ccccc4c3)cc2)c1. The van der Waals surface area contributed by atoms with Crippen molar-refractivity contribution >= 4 is 60.5 Å². The zero-order valence-corrected chi connectivity index (χ0v) is 31.7. The fourth-order valence-corrected chi connectivity index (χ4v) is 8.57. The molecule has 0 aliphatic rings. The number of para-hydroxylation sites is 4. The lowest BCUT2D eigenvalue weighted by Crippen LogP contribution is -2.12. The number of hydrogen-bond acceptors (Lipinski definition) is 2. The summed E-state index contributed by atoms with van der Waals surface area (Å²) in [6.07, 6.45) is 0. The first-order valence-electron chi connectivity index (χ1n) is 19.8. The number of rotatable bonds is 7. The maximum absolute atomic E-state index is 6.46. The minimum atomic E-state index is 0.903. The molecule has 1 aromatic heterocycles. The smallest absolute Gasteiger partial charge is 0.143 e. The van der Waals surface area contributed by atoms with Crippen LogP contribution >= 0.6 is 0 Å². The fraction of sp³-hybridized carbons (Fsp3) is 0. The van der Waals surface area contributed by atoms with E-state index >= 15 is 0 Å². The first kappa shape index (κ1) is 33.6. The topological polar surface area (TPSA) is 16.4 Å². The molecule has 11 rings (SSSR count). The van der Waals surface area contributed by atoms with Gasteiger partial charge in [0, 0.05) is 33.2 Å². The first-order valence-corrected chi connectivity index (χ1v) is 19.8. The molecular weight excluding hydrogens is 703 g/mol. The van der Waals surface area contributed by atoms with Crippen LogP contribution in [0.15, 0.2) is 229 Å². The second kappa shape index (κ2) is 14.1. The summed E-state index contributed by atoms with van der Waals surface area (Å²) in [4.78, 5) is 2.42. The van der Waals surface area contributed by atoms with Gasteiger partial charge in [0.2, 0.25) is 0 Å². The molecule has 58 heavy (non-hydrogen) atoms. The number of anilines is 3. The van der Waals surface area contributed by atoms with E-state index in [0.29, 0.717) is 0 Å². The molecular formula is C56H37NO. The second-order valence-electron chi connectivity index (χ2n) is 14.9. The molecule has 1 heterocycles. The van der Waals surface area contributed by atoms with E-state index in [0.717, 1.165) is 66.8 Å². The molecule has 0 N–H and O–H groups in total. The van der Waals surface area contributed by atoms with E-state index in [1.807, 2.05) is 12.1 Å². The van der Waals surface area contributed by atoms with Gasteiger partial charge in [0.25, 0.3) is 0 Å². The van der Waals surface area contributed by atoms with Gasteiger partial charge in [0.15, 0.2) is 0 Å². The summed E-state index contributed by atoms with van der Waals surface area (Å²) in [5.41, 5.74) is 14.3. The van der Waals surface area contributed by atoms with E-state index in [2.05, 4.69) is 217 Å². The lowest BCUT2D eigenvalue weighted by molar-refractivity contribution is 0.670. The van der Waals surface area contributed by atoms with Crippen LogP contribution in [-0.4, -0.2) is 0 Å². The van der Waals surface area contributed by atoms with Crippen molar-refractivity contribution in [2.75, 3.05) is 4.90 Å². The van der Waals surface area contributed by atoms with Gasteiger partial charge in [0.1, 0.15) is 11.2 Å². The van der Waals surface area contributed by atoms with E-state index < -0.39 is 0 Å². The highest BCUT2D eigenvalue weighted by Crippen LogP contribution is 2.46. The predicted octanol–water partition coefficient (Wildman–Crippen LogP) is 16.0. The average molecular weight is 740 g/mol. The van der Waals surface area contributed by atoms with E-state index in [4.69, 9.17) is 4.42 Å². The van der Waals surface area contributed by atoms with Crippen LogP contribution in [0.25, 0.3) is 88.0 Å². The zero-order valence-electron chi connectivity index (χ0n) is 31.7. The van der Waals surface area contributed by atoms with E-state index in [9.17, 15) is 0 Å². The third-order valence-electron chi connectivity index (χ3n) is 11.5. The number of fused-ring (bicyclic) bond motifs is 5. The van der Waals surface area contributed by atoms with Crippen LogP contribution < -0.4 is 4.90 Å². The largest absolute Gasteiger partial charge is 0.455 e. The van der Waals surface area contributed by atoms with Gasteiger partial charge in [-0.05, 0) is 91.8 Å². The Morgan fingerprint density at radius 1 is 0.293 bits per heavy atom. The van der Waals surface area contributed by atoms with Gasteiger partial charge in [-0.15, -0.1) is 0 Å². The van der Waals surface area contributed by atoms with Crippen LogP contribution in [0.2, 0.25) is 0 Å². The summed E-state index contributed by atoms with van der Waals surface area (Å²) in [6, 6.07) is 80.8. The van der Waals surface area contributed by atoms with Crippen molar-refractivity contribution in [3.05, 3.63) is 224 Å². The highest BCUT2D eigenvalue weighted by Gasteiger charge is 2.21. The predicted molar refractivity (Wildman–Crippen MR) is 245 cm³/mol. The van der Waals surface area contributed by atoms with Crippen molar-refractivity contribution in [1.29, 1.82) is 0 Å². The van der Waals surface area contributed by atoms with Crippen molar-refractivity contribution in [1.82, 2.24) is 0 Å². The van der Waals surface area contributed by atoms with Crippen molar-refractivity contribution in [3.63, 3.8) is 0 Å². The van der Waals surface area contributed by atoms with Gasteiger partial charge >= 0.3 is 0 Å². The Labute approximate surface area is 337 Å². The summed E-state index contributed by atoms with van der Waals surface area (Å²) in [6.45, 7) is 0. The van der Waals surface area contributed by atoms with Crippen LogP contribution in [0.1, 0.15) is 0 Å². The molecule has 10 aromatic carbocycles. The normalized spacial score (nSPS) is 11.4. The number of nitrogens with zero attached hydrogens (tertiary/aromatic N) is 1. The van der Waals surface area contributed by atoms with Gasteiger partial charge in [-0.2, -0.15) is 0 Å². The Balaban J connectivity index is 1.05. The third kappa shape index (κ3) is 5.91. The number of hydrogen-bond donors (Lipinski definition) is 0. The van der Waals surface area contributed by atoms with E-state index in [1.165, 1.54) is 38.2 Å². The van der Waals surface area contributed by atoms with Gasteiger partial charge in [-0.1, -0.05) is 182 Å². The van der Waals surface area contributed by atoms with Crippen LogP contribution in [0.3, 0.4) is 0 Å². The van der Waals surface area contributed by atoms with Gasteiger partial charge < -0.3 is 9.32 Å². The van der Waals surface area contributed by atoms with Crippen LogP contribution in [-0.2, 0) is 0 Å². The summed E-state index contributed by atoms with van der Waals surface area (Å²) in [5, 5.41) is 7.21. The zero-order chi connectivity index (χ0) is 38.4. The number of benzene rings is 10. The highest BCUT2D eigenvalue weighted by atomic mass is 16.3. The van der Waals surface area contributed by atoms with Gasteiger partial charge in [0.05, 0.1) is 11.4 Å². The molecule has 0 saturated heterocycles. The van der Waals surface area contributed by atoms with Gasteiger partial charge in [-0.3, -0.25) is 0 Å². The molecule has 0 amide bonds. The molecule has 0 unspecified atom stereocenters. The fourth-order valence-electron chi connectivity index (χ4n) is 8.57. The Kier molecular flexibility index (Phi) is 8.19. The molecule has 0 fully saturated rings. The molecule has 0 aliphatic heterocycles. The van der Waals surface area contributed by atoms with Crippen molar-refractivity contribution in [2.45, 2.75) is 0 Å². The molecule has 2 nitrogen and oxygen atoms in total. The Bertz CT molecular complexity index is 3280. The molecule has 0 saturated carbocycles. The van der Waals surface area contributed by atoms with E-state index in [1.54, 1.807) is 0 Å². The molecule has 0 atom stereocenters. The Morgan fingerprint density at radius 3 is 1.47 bits per heavy atom. The lowest BCUT2D eigenvalue weighted by Gasteiger charge is -2.30. The summed E-state index contributed by atoms with van der Waals surface area (Å²) < 4.78 is 6.46. The van der Waals surface area contributed by atoms with E-state index in [-0.39, 0.29) is 0 Å². The van der Waals surface area contributed by atoms with Crippen molar-refractivity contribution in [2.24, 2.45) is 0 Å². The molecule has 0 radical (unpaired) electrons. The Hall–Kier alpha value is -7.68. The first-order chi connectivity index (χ1) is 28.7. The van der Waals surface area contributed by atoms with Crippen LogP contribution in [0.5, 0.6) is 0 Å². The maximum Gasteiger partial charge on any atom is 0.143 e. The molecule has 0 spiro atoms. The Morgan fingerprint density at radius 2 is 0.759 bits per heavy atom. The average Bonchev–Trinajstić information content (AvgIpc) is 3.69. The molecule has 272 valence electrons. The summed E-state index contributed by atoms with van der Waals surface area (Å²) in [5.74, 6) is 0. The maximum atomic E-state index is 6.46. The van der Waals surface area contributed by atoms with Crippen molar-refractivity contribution in [3.8, 4) is 44.5 Å². The third-order valence-corrected chi connectivity index (χ3v) is 11.5. The molecule has 0 aliphatic carbocycles. The lowest BCUT2D eigenvalue weighted by atomic mass is 9.95. The number of furan rings is 1. The minimum Gasteiger partial charge on any atom is -0.455 e. The van der Waals surface area contributed by atoms with Crippen LogP contribution in [0.4, 0.5) is 17.1 Å². The molecule has 11 aromatic rings.